The van der Waals surface area contributed by atoms with Gasteiger partial charge < -0.3 is 16.4 Å². The van der Waals surface area contributed by atoms with E-state index in [9.17, 15) is 0 Å². The van der Waals surface area contributed by atoms with Crippen LogP contribution in [0.3, 0.4) is 0 Å². The molecule has 0 heterocycles. The second-order valence-corrected chi connectivity index (χ2v) is 0. The van der Waals surface area contributed by atoms with Crippen molar-refractivity contribution in [1.29, 1.82) is 0 Å². The maximum absolute atomic E-state index is 0. The van der Waals surface area contributed by atoms with Crippen LogP contribution in [0.25, 0.3) is 0 Å². The van der Waals surface area contributed by atoms with Gasteiger partial charge in [-0.2, -0.15) is 0 Å². The van der Waals surface area contributed by atoms with Crippen LogP contribution in [0.5, 0.6) is 0 Å². The Balaban J connectivity index is 0. The molecular weight excluding hydrogens is 220 g/mol. The molecule has 0 aliphatic rings. The van der Waals surface area contributed by atoms with Crippen LogP contribution in [0.4, 0.5) is 0 Å². The van der Waals surface area contributed by atoms with Crippen LogP contribution in [-0.4, -0.2) is 56.7 Å². The molecule has 0 spiro atoms. The van der Waals surface area contributed by atoms with Crippen molar-refractivity contribution in [2.45, 2.75) is 0 Å². The Morgan fingerprint density at radius 2 is 0.444 bits per heavy atom. The standard InChI is InChI=1S/2Al.3O.2P.2Si/q2*+3;3*-2;;;;. The van der Waals surface area contributed by atoms with E-state index in [4.69, 9.17) is 0 Å². The zero-order valence-electron chi connectivity index (χ0n) is 4.27. The largest absolute Gasteiger partial charge is 3.00 e. The van der Waals surface area contributed by atoms with Crippen LogP contribution in [0.2, 0.25) is 0 Å². The van der Waals surface area contributed by atoms with Crippen molar-refractivity contribution < 1.29 is 16.4 Å². The first-order chi connectivity index (χ1) is 0. The monoisotopic (exact) mass is 220 g/mol. The minimum absolute atomic E-state index is 0. The van der Waals surface area contributed by atoms with Crippen molar-refractivity contribution in [2.75, 3.05) is 0 Å². The molecule has 0 N–H and O–H groups in total. The summed E-state index contributed by atoms with van der Waals surface area (Å²) in [6.45, 7) is 0. The summed E-state index contributed by atoms with van der Waals surface area (Å²) < 4.78 is 0. The fourth-order valence-electron chi connectivity index (χ4n) is 0. The fraction of sp³-hybridized carbons (Fsp3) is 0. The molecule has 0 atom stereocenters. The summed E-state index contributed by atoms with van der Waals surface area (Å²) in [5, 5.41) is 0. The van der Waals surface area contributed by atoms with Gasteiger partial charge in [-0.25, -0.2) is 0 Å². The van der Waals surface area contributed by atoms with Gasteiger partial charge in [0.2, 0.25) is 0 Å². The Labute approximate surface area is 92.6 Å². The van der Waals surface area contributed by atoms with E-state index in [0.717, 1.165) is 0 Å². The van der Waals surface area contributed by atoms with Gasteiger partial charge in [0.05, 0.1) is 0 Å². The van der Waals surface area contributed by atoms with Crippen molar-refractivity contribution in [2.24, 2.45) is 0 Å². The summed E-state index contributed by atoms with van der Waals surface area (Å²) in [7, 11) is 0. The molecule has 0 rings (SSSR count). The zero-order valence-corrected chi connectivity index (χ0v) is 10.4. The molecule has 0 aromatic heterocycles. The van der Waals surface area contributed by atoms with Crippen LogP contribution in [0.15, 0.2) is 0 Å². The van der Waals surface area contributed by atoms with Gasteiger partial charge in [-0.1, -0.05) is 0 Å². The molecule has 9 heavy (non-hydrogen) atoms. The minimum atomic E-state index is 0. The van der Waals surface area contributed by atoms with Gasteiger partial charge in [0.25, 0.3) is 0 Å². The summed E-state index contributed by atoms with van der Waals surface area (Å²) in [5.74, 6) is 0. The van der Waals surface area contributed by atoms with Crippen molar-refractivity contribution in [3.63, 3.8) is 0 Å². The molecular formula is Al2O3P2Si2. The molecule has 0 aliphatic heterocycles. The quantitative estimate of drug-likeness (QED) is 0.401. The maximum atomic E-state index is 0. The first kappa shape index (κ1) is 235. The Morgan fingerprint density at radius 3 is 0.444 bits per heavy atom. The van der Waals surface area contributed by atoms with Gasteiger partial charge >= 0.3 is 34.7 Å². The number of rotatable bonds is 0. The van der Waals surface area contributed by atoms with Crippen molar-refractivity contribution in [1.82, 2.24) is 0 Å². The summed E-state index contributed by atoms with van der Waals surface area (Å²) in [6, 6.07) is 0. The number of hydrogen-bond acceptors (Lipinski definition) is 0. The molecule has 0 saturated heterocycles. The zero-order chi connectivity index (χ0) is 0. The van der Waals surface area contributed by atoms with Gasteiger partial charge in [0, 0.05) is 41.7 Å². The molecule has 0 bridgehead atoms. The fourth-order valence-corrected chi connectivity index (χ4v) is 0. The van der Waals surface area contributed by atoms with E-state index in [-0.39, 0.29) is 92.9 Å². The first-order valence-corrected chi connectivity index (χ1v) is 0. The molecule has 3 nitrogen and oxygen atoms in total. The maximum Gasteiger partial charge on any atom is 3.00 e. The summed E-state index contributed by atoms with van der Waals surface area (Å²) in [4.78, 5) is 0. The third kappa shape index (κ3) is 139. The van der Waals surface area contributed by atoms with E-state index in [1.165, 1.54) is 0 Å². The van der Waals surface area contributed by atoms with E-state index in [2.05, 4.69) is 0 Å². The van der Waals surface area contributed by atoms with Gasteiger partial charge in [0.15, 0.2) is 0 Å². The average Bonchev–Trinajstić information content (AvgIpc) is 0. The molecule has 0 amide bonds. The molecule has 14 radical (unpaired) electrons. The molecule has 0 saturated carbocycles. The second kappa shape index (κ2) is 174. The molecule has 42 valence electrons. The van der Waals surface area contributed by atoms with Crippen molar-refractivity contribution >= 4 is 76.5 Å². The third-order valence-electron chi connectivity index (χ3n) is 0. The molecule has 0 aliphatic carbocycles. The van der Waals surface area contributed by atoms with Crippen LogP contribution < -0.4 is 0 Å². The van der Waals surface area contributed by atoms with Crippen LogP contribution in [-0.2, 0) is 16.4 Å². The average molecular weight is 220 g/mol. The van der Waals surface area contributed by atoms with Crippen LogP contribution >= 0.6 is 19.8 Å². The van der Waals surface area contributed by atoms with Crippen LogP contribution in [0.1, 0.15) is 0 Å². The second-order valence-electron chi connectivity index (χ2n) is 0. The van der Waals surface area contributed by atoms with E-state index in [1.54, 1.807) is 0 Å². The van der Waals surface area contributed by atoms with E-state index in [0.29, 0.717) is 0 Å². The summed E-state index contributed by atoms with van der Waals surface area (Å²) >= 11 is 0. The Morgan fingerprint density at radius 1 is 0.444 bits per heavy atom. The predicted molar refractivity (Wildman–Crippen MR) is 38.9 cm³/mol. The van der Waals surface area contributed by atoms with Gasteiger partial charge in [-0.15, -0.1) is 0 Å². The summed E-state index contributed by atoms with van der Waals surface area (Å²) in [6.07, 6.45) is 0. The molecule has 0 aromatic rings. The Bertz CT molecular complexity index is 17.8. The molecule has 0 aromatic carbocycles. The molecule has 0 fully saturated rings. The third-order valence-corrected chi connectivity index (χ3v) is 0. The van der Waals surface area contributed by atoms with Gasteiger partial charge in [-0.05, 0) is 0 Å². The summed E-state index contributed by atoms with van der Waals surface area (Å²) in [5.41, 5.74) is 0. The van der Waals surface area contributed by atoms with E-state index >= 15 is 0 Å². The number of hydrogen-bond donors (Lipinski definition) is 0. The first-order valence-electron chi connectivity index (χ1n) is 0. The molecule has 9 heteroatoms. The van der Waals surface area contributed by atoms with Gasteiger partial charge in [0.1, 0.15) is 0 Å². The van der Waals surface area contributed by atoms with E-state index in [1.807, 2.05) is 0 Å². The topological polar surface area (TPSA) is 85.5 Å². The molecule has 0 unspecified atom stereocenters. The van der Waals surface area contributed by atoms with E-state index < -0.39 is 0 Å². The predicted octanol–water partition coefficient (Wildman–Crippen LogP) is -0.157. The minimum Gasteiger partial charge on any atom is -2.00 e. The normalized spacial score (nSPS) is 0. The van der Waals surface area contributed by atoms with Gasteiger partial charge in [-0.3, -0.25) is 0 Å². The van der Waals surface area contributed by atoms with Crippen LogP contribution in [0, 0.1) is 0 Å². The van der Waals surface area contributed by atoms with Crippen molar-refractivity contribution in [3.8, 4) is 0 Å². The van der Waals surface area contributed by atoms with Crippen molar-refractivity contribution in [3.05, 3.63) is 0 Å². The Kier molecular flexibility index (Phi) is 4550. The SMILES string of the molecule is [Al+3].[Al+3].[O-2].[O-2].[O-2].[P].[P].[Si].[Si]. The smallest absolute Gasteiger partial charge is 2.00 e. The Hall–Kier alpha value is 2.24.